The van der Waals surface area contributed by atoms with Crippen LogP contribution in [-0.4, -0.2) is 14.5 Å². The van der Waals surface area contributed by atoms with Gasteiger partial charge in [-0.25, -0.2) is 13.1 Å². The quantitative estimate of drug-likeness (QED) is 0.878. The Morgan fingerprint density at radius 1 is 1.37 bits per heavy atom. The minimum absolute atomic E-state index is 0.0847. The molecule has 0 aromatic carbocycles. The third-order valence-corrected chi connectivity index (χ3v) is 6.70. The minimum Gasteiger partial charge on any atom is -0.398 e. The summed E-state index contributed by atoms with van der Waals surface area (Å²) >= 11 is 1.18. The SMILES string of the molecule is CCCC1CCC(NS(=O)(=O)c2cc(N)cs2)CC1. The molecule has 0 spiro atoms. The molecule has 0 radical (unpaired) electrons. The van der Waals surface area contributed by atoms with Gasteiger partial charge < -0.3 is 5.73 Å². The Kier molecular flexibility index (Phi) is 4.86. The molecule has 19 heavy (non-hydrogen) atoms. The van der Waals surface area contributed by atoms with Crippen LogP contribution in [0.2, 0.25) is 0 Å². The van der Waals surface area contributed by atoms with Gasteiger partial charge in [-0.3, -0.25) is 0 Å². The summed E-state index contributed by atoms with van der Waals surface area (Å²) < 4.78 is 27.5. The highest BCUT2D eigenvalue weighted by Gasteiger charge is 2.26. The molecule has 2 rings (SSSR count). The second-order valence-corrected chi connectivity index (χ2v) is 8.18. The fourth-order valence-electron chi connectivity index (χ4n) is 2.73. The molecule has 108 valence electrons. The van der Waals surface area contributed by atoms with Crippen LogP contribution in [0.4, 0.5) is 5.69 Å². The molecule has 0 bridgehead atoms. The maximum absolute atomic E-state index is 12.2. The largest absolute Gasteiger partial charge is 0.398 e. The summed E-state index contributed by atoms with van der Waals surface area (Å²) in [6.45, 7) is 2.20. The second kappa shape index (κ2) is 6.24. The molecular weight excluding hydrogens is 280 g/mol. The zero-order valence-electron chi connectivity index (χ0n) is 11.3. The molecule has 0 saturated heterocycles. The highest BCUT2D eigenvalue weighted by Crippen LogP contribution is 2.29. The smallest absolute Gasteiger partial charge is 0.250 e. The number of anilines is 1. The van der Waals surface area contributed by atoms with Crippen molar-refractivity contribution in [1.82, 2.24) is 4.72 Å². The van der Waals surface area contributed by atoms with E-state index in [1.807, 2.05) is 0 Å². The van der Waals surface area contributed by atoms with Crippen LogP contribution < -0.4 is 10.5 Å². The van der Waals surface area contributed by atoms with Crippen molar-refractivity contribution in [2.24, 2.45) is 5.92 Å². The summed E-state index contributed by atoms with van der Waals surface area (Å²) in [5.41, 5.74) is 6.09. The van der Waals surface area contributed by atoms with Gasteiger partial charge in [0.15, 0.2) is 0 Å². The molecule has 1 aromatic rings. The van der Waals surface area contributed by atoms with Crippen molar-refractivity contribution < 1.29 is 8.42 Å². The lowest BCUT2D eigenvalue weighted by Gasteiger charge is -2.28. The van der Waals surface area contributed by atoms with Gasteiger partial charge in [0.1, 0.15) is 4.21 Å². The normalized spacial score (nSPS) is 24.5. The summed E-state index contributed by atoms with van der Waals surface area (Å²) in [6, 6.07) is 1.61. The van der Waals surface area contributed by atoms with Crippen LogP contribution in [0.1, 0.15) is 45.4 Å². The first-order valence-corrected chi connectivity index (χ1v) is 9.24. The molecule has 0 unspecified atom stereocenters. The maximum Gasteiger partial charge on any atom is 0.250 e. The molecule has 3 N–H and O–H groups in total. The predicted octanol–water partition coefficient (Wildman–Crippen LogP) is 2.97. The monoisotopic (exact) mass is 302 g/mol. The number of sulfonamides is 1. The van der Waals surface area contributed by atoms with Gasteiger partial charge in [0.25, 0.3) is 0 Å². The predicted molar refractivity (Wildman–Crippen MR) is 79.7 cm³/mol. The molecular formula is C13H22N2O2S2. The number of thiophene rings is 1. The van der Waals surface area contributed by atoms with E-state index in [1.165, 1.54) is 30.2 Å². The van der Waals surface area contributed by atoms with E-state index in [1.54, 1.807) is 5.38 Å². The van der Waals surface area contributed by atoms with Gasteiger partial charge in [-0.15, -0.1) is 11.3 Å². The molecule has 6 heteroatoms. The van der Waals surface area contributed by atoms with Crippen LogP contribution >= 0.6 is 11.3 Å². The zero-order chi connectivity index (χ0) is 13.9. The van der Waals surface area contributed by atoms with Crippen LogP contribution in [0.25, 0.3) is 0 Å². The van der Waals surface area contributed by atoms with Gasteiger partial charge in [-0.05, 0) is 37.7 Å². The first kappa shape index (κ1) is 14.8. The molecule has 1 aliphatic rings. The Bertz CT molecular complexity index is 502. The van der Waals surface area contributed by atoms with Gasteiger partial charge in [0, 0.05) is 17.1 Å². The van der Waals surface area contributed by atoms with Crippen molar-refractivity contribution in [2.45, 2.75) is 55.7 Å². The van der Waals surface area contributed by atoms with E-state index in [2.05, 4.69) is 11.6 Å². The van der Waals surface area contributed by atoms with Crippen LogP contribution in [0.3, 0.4) is 0 Å². The van der Waals surface area contributed by atoms with Gasteiger partial charge in [-0.2, -0.15) is 0 Å². The molecule has 4 nitrogen and oxygen atoms in total. The lowest BCUT2D eigenvalue weighted by Crippen LogP contribution is -2.37. The fraction of sp³-hybridized carbons (Fsp3) is 0.692. The molecule has 1 aromatic heterocycles. The third kappa shape index (κ3) is 3.94. The van der Waals surface area contributed by atoms with E-state index in [0.717, 1.165) is 31.6 Å². The summed E-state index contributed by atoms with van der Waals surface area (Å²) in [7, 11) is -3.38. The molecule has 0 aliphatic heterocycles. The maximum atomic E-state index is 12.2. The van der Waals surface area contributed by atoms with E-state index in [9.17, 15) is 8.42 Å². The van der Waals surface area contributed by atoms with Crippen molar-refractivity contribution in [1.29, 1.82) is 0 Å². The minimum atomic E-state index is -3.38. The highest BCUT2D eigenvalue weighted by atomic mass is 32.2. The number of nitrogens with two attached hydrogens (primary N) is 1. The van der Waals surface area contributed by atoms with E-state index in [4.69, 9.17) is 5.73 Å². The van der Waals surface area contributed by atoms with Crippen molar-refractivity contribution >= 4 is 27.0 Å². The summed E-state index contributed by atoms with van der Waals surface area (Å²) in [5, 5.41) is 1.66. The van der Waals surface area contributed by atoms with Crippen LogP contribution in [0.15, 0.2) is 15.7 Å². The Morgan fingerprint density at radius 2 is 2.05 bits per heavy atom. The van der Waals surface area contributed by atoms with Gasteiger partial charge in [0.2, 0.25) is 10.0 Å². The highest BCUT2D eigenvalue weighted by molar-refractivity contribution is 7.91. The zero-order valence-corrected chi connectivity index (χ0v) is 12.9. The van der Waals surface area contributed by atoms with Crippen LogP contribution in [0.5, 0.6) is 0 Å². The number of nitrogen functional groups attached to an aromatic ring is 1. The third-order valence-electron chi connectivity index (χ3n) is 3.73. The summed E-state index contributed by atoms with van der Waals surface area (Å²) in [6.07, 6.45) is 6.65. The van der Waals surface area contributed by atoms with Crippen LogP contribution in [-0.2, 0) is 10.0 Å². The first-order valence-electron chi connectivity index (χ1n) is 6.87. The second-order valence-electron chi connectivity index (χ2n) is 5.33. The van der Waals surface area contributed by atoms with Gasteiger partial charge in [0.05, 0.1) is 0 Å². The molecule has 1 heterocycles. The van der Waals surface area contributed by atoms with Crippen molar-refractivity contribution in [3.05, 3.63) is 11.4 Å². The topological polar surface area (TPSA) is 72.2 Å². The number of hydrogen-bond donors (Lipinski definition) is 2. The number of hydrogen-bond acceptors (Lipinski definition) is 4. The van der Waals surface area contributed by atoms with Crippen LogP contribution in [0, 0.1) is 5.92 Å². The molecule has 0 atom stereocenters. The molecule has 0 amide bonds. The van der Waals surface area contributed by atoms with Crippen molar-refractivity contribution in [3.63, 3.8) is 0 Å². The summed E-state index contributed by atoms with van der Waals surface area (Å²) in [5.74, 6) is 0.781. The van der Waals surface area contributed by atoms with E-state index >= 15 is 0 Å². The van der Waals surface area contributed by atoms with E-state index in [-0.39, 0.29) is 6.04 Å². The van der Waals surface area contributed by atoms with Crippen molar-refractivity contribution in [2.75, 3.05) is 5.73 Å². The van der Waals surface area contributed by atoms with E-state index < -0.39 is 10.0 Å². The fourth-order valence-corrected chi connectivity index (χ4v) is 5.13. The first-order chi connectivity index (χ1) is 9.01. The summed E-state index contributed by atoms with van der Waals surface area (Å²) in [4.78, 5) is 0. The Hall–Kier alpha value is -0.590. The average Bonchev–Trinajstić information content (AvgIpc) is 2.79. The van der Waals surface area contributed by atoms with E-state index in [0.29, 0.717) is 9.90 Å². The lowest BCUT2D eigenvalue weighted by atomic mass is 9.84. The van der Waals surface area contributed by atoms with Gasteiger partial charge in [-0.1, -0.05) is 19.8 Å². The average molecular weight is 302 g/mol. The Labute approximate surface area is 119 Å². The molecule has 1 saturated carbocycles. The lowest BCUT2D eigenvalue weighted by molar-refractivity contribution is 0.297. The Morgan fingerprint density at radius 3 is 2.58 bits per heavy atom. The standard InChI is InChI=1S/C13H22N2O2S2/c1-2-3-10-4-6-12(7-5-10)15-19(16,17)13-8-11(14)9-18-13/h8-10,12,15H,2-7,14H2,1H3. The van der Waals surface area contributed by atoms with Crippen molar-refractivity contribution in [3.8, 4) is 0 Å². The number of rotatable bonds is 5. The van der Waals surface area contributed by atoms with Gasteiger partial charge >= 0.3 is 0 Å². The molecule has 1 aliphatic carbocycles. The molecule has 1 fully saturated rings. The Balaban J connectivity index is 1.92. The number of nitrogens with one attached hydrogen (secondary N) is 1.